The van der Waals surface area contributed by atoms with Gasteiger partial charge in [-0.1, -0.05) is 0 Å². The summed E-state index contributed by atoms with van der Waals surface area (Å²) in [6.07, 6.45) is 0.195. The number of nitrogens with one attached hydrogen (secondary N) is 1. The summed E-state index contributed by atoms with van der Waals surface area (Å²) < 4.78 is 5.01. The summed E-state index contributed by atoms with van der Waals surface area (Å²) in [6, 6.07) is -0.633. The Hall–Kier alpha value is -1.38. The minimum Gasteiger partial charge on any atom is -0.479 e. The Kier molecular flexibility index (Phi) is 5.32. The van der Waals surface area contributed by atoms with Crippen LogP contribution in [-0.2, 0) is 9.53 Å². The summed E-state index contributed by atoms with van der Waals surface area (Å²) in [7, 11) is 0. The summed E-state index contributed by atoms with van der Waals surface area (Å²) in [5, 5.41) is 29.1. The number of aliphatic carboxylic acids is 1. The average Bonchev–Trinajstić information content (AvgIpc) is 2.78. The molecule has 2 amide bonds. The van der Waals surface area contributed by atoms with E-state index in [-0.39, 0.29) is 45.9 Å². The Morgan fingerprint density at radius 2 is 1.89 bits per heavy atom. The zero-order valence-electron chi connectivity index (χ0n) is 9.96. The molecular formula is C10H18N2O6. The van der Waals surface area contributed by atoms with Crippen LogP contribution in [0, 0.1) is 0 Å². The Morgan fingerprint density at radius 1 is 1.28 bits per heavy atom. The zero-order valence-corrected chi connectivity index (χ0v) is 9.96. The number of nitrogens with zero attached hydrogens (tertiary/aromatic N) is 1. The zero-order chi connectivity index (χ0) is 13.6. The maximum absolute atomic E-state index is 11.9. The van der Waals surface area contributed by atoms with Gasteiger partial charge in [0.05, 0.1) is 19.8 Å². The topological polar surface area (TPSA) is 119 Å². The SMILES string of the molecule is O=C(NC1(C(=O)O)CCOC1)N(CCO)CCO. The van der Waals surface area contributed by atoms with Gasteiger partial charge in [-0.2, -0.15) is 0 Å². The van der Waals surface area contributed by atoms with E-state index in [4.69, 9.17) is 20.1 Å². The summed E-state index contributed by atoms with van der Waals surface area (Å²) in [5.74, 6) is -1.15. The van der Waals surface area contributed by atoms with Gasteiger partial charge in [0.25, 0.3) is 0 Å². The van der Waals surface area contributed by atoms with Crippen molar-refractivity contribution in [3.8, 4) is 0 Å². The molecule has 0 aromatic rings. The van der Waals surface area contributed by atoms with Crippen LogP contribution in [-0.4, -0.2) is 77.3 Å². The van der Waals surface area contributed by atoms with E-state index in [2.05, 4.69) is 5.32 Å². The normalized spacial score (nSPS) is 22.8. The molecule has 18 heavy (non-hydrogen) atoms. The molecule has 8 heteroatoms. The number of carboxylic acid groups (broad SMARTS) is 1. The van der Waals surface area contributed by atoms with Gasteiger partial charge >= 0.3 is 12.0 Å². The van der Waals surface area contributed by atoms with Gasteiger partial charge in [-0.25, -0.2) is 9.59 Å². The molecular weight excluding hydrogens is 244 g/mol. The van der Waals surface area contributed by atoms with Gasteiger partial charge in [0.1, 0.15) is 0 Å². The first-order valence-corrected chi connectivity index (χ1v) is 5.65. The number of carbonyl (C=O) groups is 2. The lowest BCUT2D eigenvalue weighted by Crippen LogP contribution is -2.59. The van der Waals surface area contributed by atoms with E-state index < -0.39 is 17.5 Å². The third kappa shape index (κ3) is 3.31. The van der Waals surface area contributed by atoms with E-state index >= 15 is 0 Å². The molecule has 1 atom stereocenters. The molecule has 0 aliphatic carbocycles. The minimum absolute atomic E-state index is 0.0307. The van der Waals surface area contributed by atoms with E-state index in [0.29, 0.717) is 0 Å². The van der Waals surface area contributed by atoms with Crippen LogP contribution in [0.4, 0.5) is 4.79 Å². The smallest absolute Gasteiger partial charge is 0.332 e. The molecule has 0 saturated carbocycles. The maximum Gasteiger partial charge on any atom is 0.332 e. The van der Waals surface area contributed by atoms with Gasteiger partial charge in [-0.05, 0) is 0 Å². The van der Waals surface area contributed by atoms with Crippen LogP contribution >= 0.6 is 0 Å². The largest absolute Gasteiger partial charge is 0.479 e. The van der Waals surface area contributed by atoms with Gasteiger partial charge in [0, 0.05) is 26.1 Å². The van der Waals surface area contributed by atoms with Crippen molar-refractivity contribution >= 4 is 12.0 Å². The predicted molar refractivity (Wildman–Crippen MR) is 60.1 cm³/mol. The highest BCUT2D eigenvalue weighted by Gasteiger charge is 2.44. The van der Waals surface area contributed by atoms with Gasteiger partial charge in [-0.3, -0.25) is 0 Å². The molecule has 1 aliphatic rings. The lowest BCUT2D eigenvalue weighted by Gasteiger charge is -2.28. The number of carbonyl (C=O) groups excluding carboxylic acids is 1. The Bertz CT molecular complexity index is 297. The van der Waals surface area contributed by atoms with Crippen molar-refractivity contribution in [3.63, 3.8) is 0 Å². The highest BCUT2D eigenvalue weighted by Crippen LogP contribution is 2.19. The Balaban J connectivity index is 2.67. The van der Waals surface area contributed by atoms with E-state index in [0.717, 1.165) is 4.90 Å². The minimum atomic E-state index is -1.42. The fourth-order valence-corrected chi connectivity index (χ4v) is 1.73. The lowest BCUT2D eigenvalue weighted by molar-refractivity contribution is -0.144. The molecule has 1 saturated heterocycles. The molecule has 1 rings (SSSR count). The number of aliphatic hydroxyl groups excluding tert-OH is 2. The van der Waals surface area contributed by atoms with Crippen LogP contribution in [0.1, 0.15) is 6.42 Å². The first-order chi connectivity index (χ1) is 8.55. The summed E-state index contributed by atoms with van der Waals surface area (Å²) >= 11 is 0. The molecule has 0 aromatic carbocycles. The standard InChI is InChI=1S/C10H18N2O6/c13-4-2-12(3-5-14)9(17)11-10(8(15)16)1-6-18-7-10/h13-14H,1-7H2,(H,11,17)(H,15,16). The van der Waals surface area contributed by atoms with Crippen LogP contribution in [0.2, 0.25) is 0 Å². The van der Waals surface area contributed by atoms with Gasteiger partial charge in [0.15, 0.2) is 5.54 Å². The molecule has 1 aliphatic heterocycles. The number of hydrogen-bond acceptors (Lipinski definition) is 5. The third-order valence-electron chi connectivity index (χ3n) is 2.80. The molecule has 0 bridgehead atoms. The number of carboxylic acids is 1. The first-order valence-electron chi connectivity index (χ1n) is 5.65. The number of rotatable bonds is 6. The van der Waals surface area contributed by atoms with Gasteiger partial charge in [-0.15, -0.1) is 0 Å². The fraction of sp³-hybridized carbons (Fsp3) is 0.800. The molecule has 0 radical (unpaired) electrons. The molecule has 104 valence electrons. The second-order valence-corrected chi connectivity index (χ2v) is 4.05. The number of urea groups is 1. The van der Waals surface area contributed by atoms with Crippen molar-refractivity contribution < 1.29 is 29.6 Å². The number of ether oxygens (including phenoxy) is 1. The number of aliphatic hydroxyl groups is 2. The molecule has 1 fully saturated rings. The van der Waals surface area contributed by atoms with Crippen LogP contribution in [0.25, 0.3) is 0 Å². The van der Waals surface area contributed by atoms with Crippen molar-refractivity contribution in [2.75, 3.05) is 39.5 Å². The summed E-state index contributed by atoms with van der Waals surface area (Å²) in [4.78, 5) is 24.2. The molecule has 1 unspecified atom stereocenters. The van der Waals surface area contributed by atoms with E-state index in [1.165, 1.54) is 0 Å². The second-order valence-electron chi connectivity index (χ2n) is 4.05. The molecule has 0 spiro atoms. The fourth-order valence-electron chi connectivity index (χ4n) is 1.73. The summed E-state index contributed by atoms with van der Waals surface area (Å²) in [6.45, 7) is -0.271. The van der Waals surface area contributed by atoms with E-state index in [1.807, 2.05) is 0 Å². The monoisotopic (exact) mass is 262 g/mol. The highest BCUT2D eigenvalue weighted by molar-refractivity contribution is 5.86. The van der Waals surface area contributed by atoms with Crippen LogP contribution in [0.3, 0.4) is 0 Å². The van der Waals surface area contributed by atoms with E-state index in [1.54, 1.807) is 0 Å². The predicted octanol–water partition coefficient (Wildman–Crippen LogP) is -1.77. The summed E-state index contributed by atoms with van der Waals surface area (Å²) in [5.41, 5.74) is -1.42. The molecule has 1 heterocycles. The van der Waals surface area contributed by atoms with Crippen molar-refractivity contribution in [1.82, 2.24) is 10.2 Å². The Labute approximate surface area is 104 Å². The van der Waals surface area contributed by atoms with Crippen molar-refractivity contribution in [3.05, 3.63) is 0 Å². The quantitative estimate of drug-likeness (QED) is 0.449. The molecule has 8 nitrogen and oxygen atoms in total. The maximum atomic E-state index is 11.9. The third-order valence-corrected chi connectivity index (χ3v) is 2.80. The van der Waals surface area contributed by atoms with Crippen molar-refractivity contribution in [1.29, 1.82) is 0 Å². The average molecular weight is 262 g/mol. The second kappa shape index (κ2) is 6.53. The molecule has 0 aromatic heterocycles. The highest BCUT2D eigenvalue weighted by atomic mass is 16.5. The van der Waals surface area contributed by atoms with Gasteiger partial charge < -0.3 is 30.3 Å². The van der Waals surface area contributed by atoms with E-state index in [9.17, 15) is 9.59 Å². The van der Waals surface area contributed by atoms with Crippen molar-refractivity contribution in [2.45, 2.75) is 12.0 Å². The number of amides is 2. The van der Waals surface area contributed by atoms with Crippen LogP contribution < -0.4 is 5.32 Å². The van der Waals surface area contributed by atoms with Crippen molar-refractivity contribution in [2.24, 2.45) is 0 Å². The lowest BCUT2D eigenvalue weighted by atomic mass is 9.99. The Morgan fingerprint density at radius 3 is 2.28 bits per heavy atom. The first kappa shape index (κ1) is 14.7. The van der Waals surface area contributed by atoms with Crippen LogP contribution in [0.15, 0.2) is 0 Å². The van der Waals surface area contributed by atoms with Crippen LogP contribution in [0.5, 0.6) is 0 Å². The van der Waals surface area contributed by atoms with Gasteiger partial charge in [0.2, 0.25) is 0 Å². The number of hydrogen-bond donors (Lipinski definition) is 4. The molecule has 4 N–H and O–H groups in total.